The maximum atomic E-state index is 12.6. The minimum absolute atomic E-state index is 0.000647. The van der Waals surface area contributed by atoms with Gasteiger partial charge in [0.1, 0.15) is 5.75 Å². The standard InChI is InChI=1S/C24H27N3O4/c1-30-20-7-5-17(6-8-20)16-27-22(23(31-2)24(27)29)19-9-12-26(13-10-19)21(28)14-18-4-3-11-25-15-18/h3-9,11,15,22-23H,10,12-14,16H2,1-2H3/t22-,23+/m0/s1. The average molecular weight is 421 g/mol. The number of hydrogen-bond acceptors (Lipinski definition) is 5. The predicted octanol–water partition coefficient (Wildman–Crippen LogP) is 2.22. The van der Waals surface area contributed by atoms with Gasteiger partial charge in [0.2, 0.25) is 5.91 Å². The molecule has 0 unspecified atom stereocenters. The fourth-order valence-electron chi connectivity index (χ4n) is 4.21. The van der Waals surface area contributed by atoms with Crippen molar-refractivity contribution in [2.45, 2.75) is 31.5 Å². The number of rotatable bonds is 7. The van der Waals surface area contributed by atoms with Crippen LogP contribution in [-0.4, -0.2) is 66.1 Å². The number of pyridine rings is 1. The summed E-state index contributed by atoms with van der Waals surface area (Å²) in [7, 11) is 3.21. The van der Waals surface area contributed by atoms with Crippen LogP contribution in [0.15, 0.2) is 60.4 Å². The highest BCUT2D eigenvalue weighted by Gasteiger charge is 2.49. The Morgan fingerprint density at radius 2 is 1.97 bits per heavy atom. The van der Waals surface area contributed by atoms with Crippen molar-refractivity contribution >= 4 is 11.8 Å². The van der Waals surface area contributed by atoms with E-state index in [0.717, 1.165) is 28.9 Å². The van der Waals surface area contributed by atoms with E-state index in [1.54, 1.807) is 26.6 Å². The molecule has 2 aromatic rings. The van der Waals surface area contributed by atoms with E-state index in [4.69, 9.17) is 9.47 Å². The zero-order valence-corrected chi connectivity index (χ0v) is 17.9. The predicted molar refractivity (Wildman–Crippen MR) is 115 cm³/mol. The van der Waals surface area contributed by atoms with Crippen LogP contribution in [0.4, 0.5) is 0 Å². The summed E-state index contributed by atoms with van der Waals surface area (Å²) >= 11 is 0. The van der Waals surface area contributed by atoms with E-state index in [2.05, 4.69) is 11.1 Å². The first-order valence-corrected chi connectivity index (χ1v) is 10.4. The molecule has 0 bridgehead atoms. The number of ether oxygens (including phenoxy) is 2. The van der Waals surface area contributed by atoms with Crippen LogP contribution in [0.3, 0.4) is 0 Å². The summed E-state index contributed by atoms with van der Waals surface area (Å²) in [5.74, 6) is 0.877. The monoisotopic (exact) mass is 421 g/mol. The van der Waals surface area contributed by atoms with E-state index in [0.29, 0.717) is 26.1 Å². The number of hydrogen-bond donors (Lipinski definition) is 0. The lowest BCUT2D eigenvalue weighted by Gasteiger charge is -2.48. The molecule has 1 aromatic carbocycles. The Labute approximate surface area is 182 Å². The molecule has 2 amide bonds. The fraction of sp³-hybridized carbons (Fsp3) is 0.375. The van der Waals surface area contributed by atoms with Crippen molar-refractivity contribution in [2.75, 3.05) is 27.3 Å². The minimum Gasteiger partial charge on any atom is -0.497 e. The van der Waals surface area contributed by atoms with Crippen LogP contribution in [0.25, 0.3) is 0 Å². The molecular formula is C24H27N3O4. The van der Waals surface area contributed by atoms with Gasteiger partial charge in [-0.2, -0.15) is 0 Å². The summed E-state index contributed by atoms with van der Waals surface area (Å²) in [6.45, 7) is 1.71. The van der Waals surface area contributed by atoms with E-state index in [1.165, 1.54) is 0 Å². The number of carbonyl (C=O) groups is 2. The molecule has 2 aliphatic heterocycles. The summed E-state index contributed by atoms with van der Waals surface area (Å²) in [6.07, 6.45) is 6.13. The van der Waals surface area contributed by atoms with E-state index in [-0.39, 0.29) is 17.9 Å². The third-order valence-electron chi connectivity index (χ3n) is 5.97. The van der Waals surface area contributed by atoms with Crippen molar-refractivity contribution in [3.05, 3.63) is 71.6 Å². The molecule has 0 radical (unpaired) electrons. The molecule has 1 fully saturated rings. The average Bonchev–Trinajstić information content (AvgIpc) is 2.82. The van der Waals surface area contributed by atoms with Gasteiger partial charge in [-0.25, -0.2) is 0 Å². The number of nitrogens with zero attached hydrogens (tertiary/aromatic N) is 3. The second-order valence-electron chi connectivity index (χ2n) is 7.82. The van der Waals surface area contributed by atoms with Gasteiger partial charge < -0.3 is 19.3 Å². The van der Waals surface area contributed by atoms with Gasteiger partial charge in [-0.3, -0.25) is 14.6 Å². The maximum Gasteiger partial charge on any atom is 0.255 e. The third-order valence-corrected chi connectivity index (χ3v) is 5.97. The van der Waals surface area contributed by atoms with Gasteiger partial charge >= 0.3 is 0 Å². The summed E-state index contributed by atoms with van der Waals surface area (Å²) in [4.78, 5) is 33.0. The zero-order valence-electron chi connectivity index (χ0n) is 17.9. The topological polar surface area (TPSA) is 72.0 Å². The van der Waals surface area contributed by atoms with Gasteiger partial charge in [-0.1, -0.05) is 24.3 Å². The smallest absolute Gasteiger partial charge is 0.255 e. The Kier molecular flexibility index (Phi) is 6.32. The van der Waals surface area contributed by atoms with Gasteiger partial charge in [0.25, 0.3) is 5.91 Å². The van der Waals surface area contributed by atoms with E-state index < -0.39 is 6.10 Å². The zero-order chi connectivity index (χ0) is 21.8. The molecule has 7 nitrogen and oxygen atoms in total. The van der Waals surface area contributed by atoms with Crippen LogP contribution in [0.1, 0.15) is 17.5 Å². The van der Waals surface area contributed by atoms with Crippen LogP contribution in [0, 0.1) is 0 Å². The molecule has 0 N–H and O–H groups in total. The van der Waals surface area contributed by atoms with E-state index in [1.807, 2.05) is 46.2 Å². The van der Waals surface area contributed by atoms with Crippen LogP contribution in [0.5, 0.6) is 5.75 Å². The highest BCUT2D eigenvalue weighted by Crippen LogP contribution is 2.33. The molecule has 1 saturated heterocycles. The van der Waals surface area contributed by atoms with Gasteiger partial charge in [-0.05, 0) is 41.3 Å². The molecular weight excluding hydrogens is 394 g/mol. The van der Waals surface area contributed by atoms with Crippen molar-refractivity contribution in [3.8, 4) is 5.75 Å². The lowest BCUT2D eigenvalue weighted by molar-refractivity contribution is -0.168. The lowest BCUT2D eigenvalue weighted by atomic mass is 9.86. The molecule has 7 heteroatoms. The summed E-state index contributed by atoms with van der Waals surface area (Å²) in [5, 5.41) is 0. The van der Waals surface area contributed by atoms with Gasteiger partial charge in [0, 0.05) is 39.1 Å². The van der Waals surface area contributed by atoms with E-state index in [9.17, 15) is 9.59 Å². The largest absolute Gasteiger partial charge is 0.497 e. The Morgan fingerprint density at radius 3 is 2.58 bits per heavy atom. The van der Waals surface area contributed by atoms with Crippen LogP contribution in [-0.2, 0) is 27.3 Å². The Balaban J connectivity index is 1.41. The van der Waals surface area contributed by atoms with Crippen molar-refractivity contribution in [2.24, 2.45) is 0 Å². The van der Waals surface area contributed by atoms with Crippen molar-refractivity contribution < 1.29 is 19.1 Å². The molecule has 0 spiro atoms. The molecule has 4 rings (SSSR count). The lowest BCUT2D eigenvalue weighted by Crippen LogP contribution is -2.66. The number of carbonyl (C=O) groups excluding carboxylic acids is 2. The van der Waals surface area contributed by atoms with Crippen LogP contribution >= 0.6 is 0 Å². The summed E-state index contributed by atoms with van der Waals surface area (Å²) < 4.78 is 10.7. The molecule has 2 aliphatic rings. The first kappa shape index (κ1) is 21.1. The molecule has 0 saturated carbocycles. The first-order chi connectivity index (χ1) is 15.1. The van der Waals surface area contributed by atoms with Crippen molar-refractivity contribution in [3.63, 3.8) is 0 Å². The summed E-state index contributed by atoms with van der Waals surface area (Å²) in [6, 6.07) is 11.4. The highest BCUT2D eigenvalue weighted by molar-refractivity contribution is 5.90. The highest BCUT2D eigenvalue weighted by atomic mass is 16.5. The Morgan fingerprint density at radius 1 is 1.16 bits per heavy atom. The van der Waals surface area contributed by atoms with Crippen LogP contribution in [0.2, 0.25) is 0 Å². The second-order valence-corrected chi connectivity index (χ2v) is 7.82. The summed E-state index contributed by atoms with van der Waals surface area (Å²) in [5.41, 5.74) is 3.11. The number of aromatic nitrogens is 1. The number of benzene rings is 1. The number of amides is 2. The molecule has 162 valence electrons. The molecule has 3 heterocycles. The molecule has 1 aromatic heterocycles. The number of methoxy groups -OCH3 is 2. The van der Waals surface area contributed by atoms with Crippen molar-refractivity contribution in [1.29, 1.82) is 0 Å². The third kappa shape index (κ3) is 4.46. The van der Waals surface area contributed by atoms with Gasteiger partial charge in [0.05, 0.1) is 19.6 Å². The van der Waals surface area contributed by atoms with Gasteiger partial charge in [0.15, 0.2) is 6.10 Å². The second kappa shape index (κ2) is 9.31. The fourth-order valence-corrected chi connectivity index (χ4v) is 4.21. The van der Waals surface area contributed by atoms with E-state index >= 15 is 0 Å². The first-order valence-electron chi connectivity index (χ1n) is 10.4. The maximum absolute atomic E-state index is 12.6. The Hall–Kier alpha value is -3.19. The molecule has 31 heavy (non-hydrogen) atoms. The molecule has 0 aliphatic carbocycles. The quantitative estimate of drug-likeness (QED) is 0.506. The Bertz CT molecular complexity index is 959. The van der Waals surface area contributed by atoms with Crippen molar-refractivity contribution in [1.82, 2.24) is 14.8 Å². The molecule has 2 atom stereocenters. The number of likely N-dealkylation sites (tertiary alicyclic amines) is 1. The number of β-lactam (4-membered cyclic amide) rings is 1. The normalized spacial score (nSPS) is 20.8. The SMILES string of the molecule is COc1ccc(CN2C(=O)[C@H](OC)[C@@H]2C2=CCN(C(=O)Cc3cccnc3)CC2)cc1. The minimum atomic E-state index is -0.456. The van der Waals surface area contributed by atoms with Gasteiger partial charge in [-0.15, -0.1) is 0 Å². The van der Waals surface area contributed by atoms with Crippen LogP contribution < -0.4 is 4.74 Å².